The first kappa shape index (κ1) is 19.0. The number of benzene rings is 1. The van der Waals surface area contributed by atoms with Gasteiger partial charge >= 0.3 is 0 Å². The number of nitrogens with one attached hydrogen (secondary N) is 1. The third-order valence-corrected chi connectivity index (χ3v) is 6.92. The van der Waals surface area contributed by atoms with Crippen LogP contribution in [0.3, 0.4) is 0 Å². The smallest absolute Gasteiger partial charge is 0.266 e. The highest BCUT2D eigenvalue weighted by Gasteiger charge is 2.34. The Morgan fingerprint density at radius 3 is 2.89 bits per heavy atom. The number of fused-ring (bicyclic) bond motifs is 1. The van der Waals surface area contributed by atoms with Gasteiger partial charge in [-0.25, -0.2) is 8.42 Å². The van der Waals surface area contributed by atoms with E-state index in [0.29, 0.717) is 16.4 Å². The molecule has 0 saturated carbocycles. The Kier molecular flexibility index (Phi) is 4.89. The zero-order chi connectivity index (χ0) is 19.9. The molecule has 28 heavy (non-hydrogen) atoms. The molecule has 0 aromatic heterocycles. The van der Waals surface area contributed by atoms with Crippen LogP contribution in [0.25, 0.3) is 6.08 Å². The van der Waals surface area contributed by atoms with Crippen LogP contribution in [0, 0.1) is 0 Å². The van der Waals surface area contributed by atoms with Gasteiger partial charge in [0.2, 0.25) is 12.7 Å². The Bertz CT molecular complexity index is 1050. The Morgan fingerprint density at radius 2 is 2.14 bits per heavy atom. The Morgan fingerprint density at radius 1 is 1.36 bits per heavy atom. The number of nitrogens with zero attached hydrogens (tertiary/aromatic N) is 1. The third-order valence-electron chi connectivity index (χ3n) is 4.15. The van der Waals surface area contributed by atoms with Crippen molar-refractivity contribution in [2.75, 3.05) is 19.1 Å². The van der Waals surface area contributed by atoms with E-state index in [1.54, 1.807) is 24.3 Å². The molecule has 11 heteroatoms. The highest BCUT2D eigenvalue weighted by atomic mass is 32.2. The van der Waals surface area contributed by atoms with Gasteiger partial charge in [-0.1, -0.05) is 30.0 Å². The molecule has 3 heterocycles. The topological polar surface area (TPSA) is 102 Å². The van der Waals surface area contributed by atoms with E-state index >= 15 is 0 Å². The average Bonchev–Trinajstić information content (AvgIpc) is 3.29. The first-order valence-corrected chi connectivity index (χ1v) is 11.1. The molecule has 1 aromatic carbocycles. The summed E-state index contributed by atoms with van der Waals surface area (Å²) in [5, 5.41) is 3.65. The van der Waals surface area contributed by atoms with E-state index in [0.717, 1.165) is 22.7 Å². The summed E-state index contributed by atoms with van der Waals surface area (Å²) in [6.07, 6.45) is 3.09. The van der Waals surface area contributed by atoms with E-state index < -0.39 is 21.8 Å². The number of carbonyl (C=O) groups is 2. The second-order valence-corrected chi connectivity index (χ2v) is 9.82. The number of amides is 2. The molecule has 0 unspecified atom stereocenters. The fourth-order valence-corrected chi connectivity index (χ4v) is 5.34. The van der Waals surface area contributed by atoms with Crippen LogP contribution in [-0.4, -0.2) is 54.6 Å². The molecule has 8 nitrogen and oxygen atoms in total. The first-order chi connectivity index (χ1) is 13.3. The Labute approximate surface area is 170 Å². The molecule has 0 aliphatic carbocycles. The normalized spacial score (nSPS) is 23.6. The van der Waals surface area contributed by atoms with E-state index in [4.69, 9.17) is 21.7 Å². The minimum Gasteiger partial charge on any atom is -0.454 e. The molecule has 2 amide bonds. The van der Waals surface area contributed by atoms with Crippen molar-refractivity contribution < 1.29 is 27.5 Å². The number of thiocarbonyl (C=S) groups is 1. The van der Waals surface area contributed by atoms with Crippen LogP contribution >= 0.6 is 24.0 Å². The van der Waals surface area contributed by atoms with Crippen LogP contribution in [0.4, 0.5) is 0 Å². The van der Waals surface area contributed by atoms with E-state index in [-0.39, 0.29) is 29.3 Å². The summed E-state index contributed by atoms with van der Waals surface area (Å²) in [7, 11) is -3.27. The summed E-state index contributed by atoms with van der Waals surface area (Å²) >= 11 is 6.32. The molecule has 1 saturated heterocycles. The van der Waals surface area contributed by atoms with Crippen molar-refractivity contribution in [2.45, 2.75) is 6.04 Å². The standard InChI is InChI=1S/C17H14N2O6S3/c20-15(18-11-3-4-28(22,23)8-11)7-19-16(21)14(27-17(19)26)6-10-1-2-12-13(5-10)25-9-24-12/h1-6,11H,7-9H2,(H,18,20)/b14-6+/t11-/m0/s1. The summed E-state index contributed by atoms with van der Waals surface area (Å²) in [5.41, 5.74) is 0.746. The predicted octanol–water partition coefficient (Wildman–Crippen LogP) is 1.04. The van der Waals surface area contributed by atoms with Gasteiger partial charge in [-0.2, -0.15) is 0 Å². The fraction of sp³-hybridized carbons (Fsp3) is 0.235. The van der Waals surface area contributed by atoms with E-state index in [9.17, 15) is 18.0 Å². The molecule has 3 aliphatic heterocycles. The largest absolute Gasteiger partial charge is 0.454 e. The van der Waals surface area contributed by atoms with Gasteiger partial charge in [0.1, 0.15) is 10.9 Å². The van der Waals surface area contributed by atoms with Crippen LogP contribution in [0.1, 0.15) is 5.56 Å². The van der Waals surface area contributed by atoms with Crippen molar-refractivity contribution >= 4 is 56.0 Å². The van der Waals surface area contributed by atoms with E-state index in [1.807, 2.05) is 0 Å². The molecular weight excluding hydrogens is 424 g/mol. The molecule has 1 aromatic rings. The maximum atomic E-state index is 12.6. The number of rotatable bonds is 4. The van der Waals surface area contributed by atoms with Gasteiger partial charge in [-0.3, -0.25) is 14.5 Å². The SMILES string of the molecule is O=C(CN1C(=O)/C(=C\c2ccc3c(c2)OCO3)SC1=S)N[C@H]1C=CS(=O)(=O)C1. The van der Waals surface area contributed by atoms with Crippen LogP contribution in [-0.2, 0) is 19.4 Å². The van der Waals surface area contributed by atoms with Crippen LogP contribution < -0.4 is 14.8 Å². The van der Waals surface area contributed by atoms with Gasteiger partial charge < -0.3 is 14.8 Å². The van der Waals surface area contributed by atoms with Gasteiger partial charge in [0.15, 0.2) is 21.3 Å². The maximum Gasteiger partial charge on any atom is 0.266 e. The summed E-state index contributed by atoms with van der Waals surface area (Å²) in [6, 6.07) is 4.71. The zero-order valence-electron chi connectivity index (χ0n) is 14.3. The van der Waals surface area contributed by atoms with Crippen LogP contribution in [0.2, 0.25) is 0 Å². The van der Waals surface area contributed by atoms with Gasteiger partial charge in [0, 0.05) is 5.41 Å². The molecule has 1 N–H and O–H groups in total. The highest BCUT2D eigenvalue weighted by Crippen LogP contribution is 2.36. The van der Waals surface area contributed by atoms with Crippen molar-refractivity contribution in [1.82, 2.24) is 10.2 Å². The first-order valence-electron chi connectivity index (χ1n) is 8.16. The second-order valence-electron chi connectivity index (χ2n) is 6.21. The number of ether oxygens (including phenoxy) is 2. The van der Waals surface area contributed by atoms with Gasteiger partial charge in [0.05, 0.1) is 16.7 Å². The lowest BCUT2D eigenvalue weighted by Gasteiger charge is -2.16. The van der Waals surface area contributed by atoms with Crippen molar-refractivity contribution in [1.29, 1.82) is 0 Å². The third kappa shape index (κ3) is 3.91. The number of carbonyl (C=O) groups excluding carboxylic acids is 2. The minimum absolute atomic E-state index is 0.160. The number of sulfone groups is 1. The maximum absolute atomic E-state index is 12.6. The van der Waals surface area contributed by atoms with Crippen LogP contribution in [0.15, 0.2) is 34.6 Å². The molecule has 3 aliphatic rings. The Balaban J connectivity index is 1.42. The lowest BCUT2D eigenvalue weighted by atomic mass is 10.2. The summed E-state index contributed by atoms with van der Waals surface area (Å²) in [6.45, 7) is -0.110. The van der Waals surface area contributed by atoms with Crippen molar-refractivity contribution in [3.05, 3.63) is 40.2 Å². The number of hydrogen-bond donors (Lipinski definition) is 1. The van der Waals surface area contributed by atoms with Crippen molar-refractivity contribution in [2.24, 2.45) is 0 Å². The van der Waals surface area contributed by atoms with Crippen molar-refractivity contribution in [3.63, 3.8) is 0 Å². The molecule has 0 spiro atoms. The molecule has 146 valence electrons. The van der Waals surface area contributed by atoms with E-state index in [1.165, 1.54) is 11.0 Å². The summed E-state index contributed by atoms with van der Waals surface area (Å²) in [4.78, 5) is 26.4. The molecular formula is C17H14N2O6S3. The quantitative estimate of drug-likeness (QED) is 0.550. The monoisotopic (exact) mass is 438 g/mol. The van der Waals surface area contributed by atoms with Gasteiger partial charge in [-0.15, -0.1) is 0 Å². The molecule has 1 atom stereocenters. The highest BCUT2D eigenvalue weighted by molar-refractivity contribution is 8.26. The van der Waals surface area contributed by atoms with E-state index in [2.05, 4.69) is 5.32 Å². The minimum atomic E-state index is -3.27. The van der Waals surface area contributed by atoms with Crippen molar-refractivity contribution in [3.8, 4) is 11.5 Å². The van der Waals surface area contributed by atoms with Gasteiger partial charge in [0.25, 0.3) is 5.91 Å². The summed E-state index contributed by atoms with van der Waals surface area (Å²) in [5.74, 6) is 0.207. The lowest BCUT2D eigenvalue weighted by Crippen LogP contribution is -2.43. The molecule has 1 fully saturated rings. The fourth-order valence-electron chi connectivity index (χ4n) is 2.85. The Hall–Kier alpha value is -2.37. The molecule has 0 radical (unpaired) electrons. The molecule has 4 rings (SSSR count). The number of thioether (sulfide) groups is 1. The summed E-state index contributed by atoms with van der Waals surface area (Å²) < 4.78 is 33.7. The predicted molar refractivity (Wildman–Crippen MR) is 107 cm³/mol. The second kappa shape index (κ2) is 7.22. The molecule has 0 bridgehead atoms. The zero-order valence-corrected chi connectivity index (χ0v) is 16.7. The number of hydrogen-bond acceptors (Lipinski definition) is 8. The lowest BCUT2D eigenvalue weighted by molar-refractivity contribution is -0.128. The van der Waals surface area contributed by atoms with Gasteiger partial charge in [-0.05, 0) is 29.8 Å². The van der Waals surface area contributed by atoms with Crippen LogP contribution in [0.5, 0.6) is 11.5 Å². The average molecular weight is 439 g/mol.